The number of rotatable bonds is 3. The topological polar surface area (TPSA) is 27.6 Å². The Hall–Kier alpha value is -0.380. The summed E-state index contributed by atoms with van der Waals surface area (Å²) < 4.78 is 0. The molecule has 2 rings (SSSR count). The summed E-state index contributed by atoms with van der Waals surface area (Å²) in [6, 6.07) is 0. The van der Waals surface area contributed by atoms with Gasteiger partial charge in [0.25, 0.3) is 0 Å². The molecule has 0 bridgehead atoms. The van der Waals surface area contributed by atoms with Crippen LogP contribution in [0.5, 0.6) is 0 Å². The molecule has 0 radical (unpaired) electrons. The SMILES string of the molecule is CN=C(NCC1CC1C)N1CCSC(C(C)C)C1. The molecule has 104 valence electrons. The third kappa shape index (κ3) is 3.56. The molecule has 3 unspecified atom stereocenters. The lowest BCUT2D eigenvalue weighted by molar-refractivity contribution is 0.380. The van der Waals surface area contributed by atoms with E-state index in [2.05, 4.69) is 47.7 Å². The first-order chi connectivity index (χ1) is 8.61. The Morgan fingerprint density at radius 1 is 1.50 bits per heavy atom. The van der Waals surface area contributed by atoms with Crippen molar-refractivity contribution in [1.29, 1.82) is 0 Å². The van der Waals surface area contributed by atoms with Crippen LogP contribution in [0.15, 0.2) is 4.99 Å². The molecule has 18 heavy (non-hydrogen) atoms. The summed E-state index contributed by atoms with van der Waals surface area (Å²) in [5.41, 5.74) is 0. The molecule has 1 saturated heterocycles. The van der Waals surface area contributed by atoms with Crippen molar-refractivity contribution in [2.24, 2.45) is 22.7 Å². The summed E-state index contributed by atoms with van der Waals surface area (Å²) in [6.07, 6.45) is 1.38. The van der Waals surface area contributed by atoms with Crippen LogP contribution >= 0.6 is 11.8 Å². The van der Waals surface area contributed by atoms with Gasteiger partial charge in [-0.05, 0) is 24.2 Å². The van der Waals surface area contributed by atoms with E-state index < -0.39 is 0 Å². The number of nitrogens with one attached hydrogen (secondary N) is 1. The van der Waals surface area contributed by atoms with Gasteiger partial charge in [-0.3, -0.25) is 4.99 Å². The summed E-state index contributed by atoms with van der Waals surface area (Å²) >= 11 is 2.12. The Morgan fingerprint density at radius 2 is 2.22 bits per heavy atom. The second kappa shape index (κ2) is 6.18. The predicted octanol–water partition coefficient (Wildman–Crippen LogP) is 2.29. The van der Waals surface area contributed by atoms with Crippen molar-refractivity contribution >= 4 is 17.7 Å². The lowest BCUT2D eigenvalue weighted by atomic mass is 10.1. The van der Waals surface area contributed by atoms with Gasteiger partial charge >= 0.3 is 0 Å². The van der Waals surface area contributed by atoms with E-state index in [1.165, 1.54) is 12.2 Å². The summed E-state index contributed by atoms with van der Waals surface area (Å²) in [5.74, 6) is 4.88. The molecule has 0 aromatic rings. The van der Waals surface area contributed by atoms with Crippen molar-refractivity contribution in [2.75, 3.05) is 32.4 Å². The first-order valence-electron chi connectivity index (χ1n) is 7.19. The Balaban J connectivity index is 1.83. The van der Waals surface area contributed by atoms with E-state index in [1.54, 1.807) is 0 Å². The molecule has 1 aliphatic carbocycles. The largest absolute Gasteiger partial charge is 0.356 e. The van der Waals surface area contributed by atoms with Crippen molar-refractivity contribution in [2.45, 2.75) is 32.4 Å². The molecule has 1 N–H and O–H groups in total. The van der Waals surface area contributed by atoms with Crippen LogP contribution in [-0.2, 0) is 0 Å². The van der Waals surface area contributed by atoms with Gasteiger partial charge in [0.05, 0.1) is 0 Å². The highest BCUT2D eigenvalue weighted by atomic mass is 32.2. The van der Waals surface area contributed by atoms with Crippen molar-refractivity contribution in [3.8, 4) is 0 Å². The van der Waals surface area contributed by atoms with Gasteiger partial charge < -0.3 is 10.2 Å². The molecule has 0 spiro atoms. The normalized spacial score (nSPS) is 32.8. The first kappa shape index (κ1) is 14.0. The van der Waals surface area contributed by atoms with Crippen LogP contribution in [0.1, 0.15) is 27.2 Å². The van der Waals surface area contributed by atoms with Crippen LogP contribution in [-0.4, -0.2) is 48.5 Å². The van der Waals surface area contributed by atoms with E-state index in [4.69, 9.17) is 0 Å². The van der Waals surface area contributed by atoms with Crippen LogP contribution in [0, 0.1) is 17.8 Å². The number of thioether (sulfide) groups is 1. The van der Waals surface area contributed by atoms with E-state index in [-0.39, 0.29) is 0 Å². The van der Waals surface area contributed by atoms with E-state index in [9.17, 15) is 0 Å². The minimum atomic E-state index is 0.747. The van der Waals surface area contributed by atoms with Gasteiger partial charge in [-0.1, -0.05) is 20.8 Å². The summed E-state index contributed by atoms with van der Waals surface area (Å²) in [4.78, 5) is 6.89. The molecule has 3 atom stereocenters. The standard InChI is InChI=1S/C14H27N3S/c1-10(2)13-9-17(5-6-18-13)14(15-4)16-8-12-7-11(12)3/h10-13H,5-9H2,1-4H3,(H,15,16). The Kier molecular flexibility index (Phi) is 4.82. The fourth-order valence-electron chi connectivity index (χ4n) is 2.51. The van der Waals surface area contributed by atoms with Crippen molar-refractivity contribution in [1.82, 2.24) is 10.2 Å². The zero-order chi connectivity index (χ0) is 13.1. The molecule has 3 nitrogen and oxygen atoms in total. The van der Waals surface area contributed by atoms with E-state index >= 15 is 0 Å². The molecular formula is C14H27N3S. The van der Waals surface area contributed by atoms with E-state index in [0.717, 1.165) is 48.6 Å². The maximum atomic E-state index is 4.45. The monoisotopic (exact) mass is 269 g/mol. The minimum Gasteiger partial charge on any atom is -0.356 e. The van der Waals surface area contributed by atoms with Crippen LogP contribution in [0.25, 0.3) is 0 Å². The van der Waals surface area contributed by atoms with Gasteiger partial charge in [0, 0.05) is 37.7 Å². The highest BCUT2D eigenvalue weighted by Crippen LogP contribution is 2.36. The van der Waals surface area contributed by atoms with Crippen molar-refractivity contribution in [3.05, 3.63) is 0 Å². The van der Waals surface area contributed by atoms with Crippen LogP contribution in [0.4, 0.5) is 0 Å². The van der Waals surface area contributed by atoms with Crippen molar-refractivity contribution < 1.29 is 0 Å². The molecular weight excluding hydrogens is 242 g/mol. The van der Waals surface area contributed by atoms with Crippen LogP contribution in [0.3, 0.4) is 0 Å². The molecule has 1 saturated carbocycles. The maximum absolute atomic E-state index is 4.45. The summed E-state index contributed by atoms with van der Waals surface area (Å²) in [7, 11) is 1.91. The Morgan fingerprint density at radius 3 is 2.78 bits per heavy atom. The highest BCUT2D eigenvalue weighted by Gasteiger charge is 2.33. The zero-order valence-corrected chi connectivity index (χ0v) is 13.0. The minimum absolute atomic E-state index is 0.747. The lowest BCUT2D eigenvalue weighted by Gasteiger charge is -2.36. The van der Waals surface area contributed by atoms with Crippen LogP contribution < -0.4 is 5.32 Å². The number of nitrogens with zero attached hydrogens (tertiary/aromatic N) is 2. The maximum Gasteiger partial charge on any atom is 0.193 e. The van der Waals surface area contributed by atoms with E-state index in [1.807, 2.05) is 7.05 Å². The van der Waals surface area contributed by atoms with Gasteiger partial charge in [-0.15, -0.1) is 0 Å². The smallest absolute Gasteiger partial charge is 0.193 e. The predicted molar refractivity (Wildman–Crippen MR) is 81.3 cm³/mol. The third-order valence-corrected chi connectivity index (χ3v) is 5.69. The molecule has 1 heterocycles. The molecule has 4 heteroatoms. The molecule has 2 fully saturated rings. The fourth-order valence-corrected chi connectivity index (χ4v) is 3.81. The Bertz CT molecular complexity index is 303. The lowest BCUT2D eigenvalue weighted by Crippen LogP contribution is -2.49. The summed E-state index contributed by atoms with van der Waals surface area (Å²) in [5, 5.41) is 4.30. The third-order valence-electron chi connectivity index (χ3n) is 4.15. The quantitative estimate of drug-likeness (QED) is 0.629. The van der Waals surface area contributed by atoms with Crippen molar-refractivity contribution in [3.63, 3.8) is 0 Å². The first-order valence-corrected chi connectivity index (χ1v) is 8.24. The molecule has 0 aromatic heterocycles. The van der Waals surface area contributed by atoms with Gasteiger partial charge in [-0.25, -0.2) is 0 Å². The average Bonchev–Trinajstić information content (AvgIpc) is 3.06. The number of hydrogen-bond acceptors (Lipinski definition) is 2. The zero-order valence-electron chi connectivity index (χ0n) is 12.1. The molecule has 0 aromatic carbocycles. The molecule has 1 aliphatic heterocycles. The molecule has 2 aliphatic rings. The fraction of sp³-hybridized carbons (Fsp3) is 0.929. The molecule has 0 amide bonds. The second-order valence-corrected chi connectivity index (χ2v) is 7.35. The second-order valence-electron chi connectivity index (χ2n) is 6.00. The summed E-state index contributed by atoms with van der Waals surface area (Å²) in [6.45, 7) is 10.4. The highest BCUT2D eigenvalue weighted by molar-refractivity contribution is 8.00. The van der Waals surface area contributed by atoms with Gasteiger partial charge in [0.2, 0.25) is 0 Å². The van der Waals surface area contributed by atoms with Gasteiger partial charge in [-0.2, -0.15) is 11.8 Å². The average molecular weight is 269 g/mol. The number of hydrogen-bond donors (Lipinski definition) is 1. The van der Waals surface area contributed by atoms with E-state index in [0.29, 0.717) is 0 Å². The van der Waals surface area contributed by atoms with Crippen LogP contribution in [0.2, 0.25) is 0 Å². The van der Waals surface area contributed by atoms with Gasteiger partial charge in [0.1, 0.15) is 0 Å². The number of aliphatic imine (C=N–C) groups is 1. The number of guanidine groups is 1. The Labute approximate surface area is 116 Å². The van der Waals surface area contributed by atoms with Gasteiger partial charge in [0.15, 0.2) is 5.96 Å².